The minimum atomic E-state index is -0.997. The van der Waals surface area contributed by atoms with Crippen molar-refractivity contribution in [3.63, 3.8) is 0 Å². The summed E-state index contributed by atoms with van der Waals surface area (Å²) in [7, 11) is 0. The van der Waals surface area contributed by atoms with Crippen molar-refractivity contribution in [2.24, 2.45) is 28.6 Å². The van der Waals surface area contributed by atoms with Gasteiger partial charge in [-0.3, -0.25) is 24.0 Å². The van der Waals surface area contributed by atoms with E-state index in [9.17, 15) is 24.0 Å². The molecule has 0 radical (unpaired) electrons. The van der Waals surface area contributed by atoms with Crippen LogP contribution in [-0.4, -0.2) is 60.4 Å². The second kappa shape index (κ2) is 12.8. The van der Waals surface area contributed by atoms with E-state index in [-0.39, 0.29) is 18.3 Å². The Morgan fingerprint density at radius 2 is 1.44 bits per heavy atom. The Bertz CT molecular complexity index is 1200. The van der Waals surface area contributed by atoms with E-state index in [0.29, 0.717) is 24.8 Å². The summed E-state index contributed by atoms with van der Waals surface area (Å²) in [6.45, 7) is 21.0. The number of carbonyl (C=O) groups is 5. The highest BCUT2D eigenvalue weighted by Gasteiger charge is 2.65. The molecule has 0 aromatic rings. The number of esters is 5. The predicted molar refractivity (Wildman–Crippen MR) is 156 cm³/mol. The van der Waals surface area contributed by atoms with Crippen LogP contribution >= 0.6 is 0 Å². The highest BCUT2D eigenvalue weighted by Crippen LogP contribution is 2.61. The van der Waals surface area contributed by atoms with E-state index in [1.54, 1.807) is 6.92 Å². The normalized spacial score (nSPS) is 34.0. The van der Waals surface area contributed by atoms with Crippen LogP contribution in [0.15, 0.2) is 23.3 Å². The minimum absolute atomic E-state index is 0.289. The van der Waals surface area contributed by atoms with E-state index in [1.165, 1.54) is 27.7 Å². The molecule has 240 valence electrons. The van der Waals surface area contributed by atoms with Crippen LogP contribution in [0.3, 0.4) is 0 Å². The average molecular weight is 605 g/mol. The van der Waals surface area contributed by atoms with E-state index in [1.807, 2.05) is 34.6 Å². The van der Waals surface area contributed by atoms with Crippen LogP contribution in [-0.2, 0) is 47.7 Å². The van der Waals surface area contributed by atoms with E-state index in [2.05, 4.69) is 6.58 Å². The Morgan fingerprint density at radius 1 is 0.884 bits per heavy atom. The molecule has 2 fully saturated rings. The maximum atomic E-state index is 13.2. The molecule has 10 heteroatoms. The fourth-order valence-electron chi connectivity index (χ4n) is 7.87. The molecular formula is C33H48O10. The highest BCUT2D eigenvalue weighted by atomic mass is 16.6. The van der Waals surface area contributed by atoms with Crippen LogP contribution in [0.25, 0.3) is 0 Å². The van der Waals surface area contributed by atoms with Crippen LogP contribution in [0, 0.1) is 28.6 Å². The van der Waals surface area contributed by atoms with Gasteiger partial charge in [0.2, 0.25) is 0 Å². The molecule has 0 aromatic heterocycles. The van der Waals surface area contributed by atoms with Crippen molar-refractivity contribution >= 4 is 29.8 Å². The number of fused-ring (bicyclic) bond motifs is 3. The lowest BCUT2D eigenvalue weighted by Gasteiger charge is -2.60. The first-order chi connectivity index (χ1) is 19.9. The summed E-state index contributed by atoms with van der Waals surface area (Å²) in [4.78, 5) is 63.5. The van der Waals surface area contributed by atoms with Gasteiger partial charge in [-0.15, -0.1) is 0 Å². The molecule has 9 atom stereocenters. The van der Waals surface area contributed by atoms with Gasteiger partial charge in [0.05, 0.1) is 5.92 Å². The molecule has 0 saturated heterocycles. The molecule has 0 heterocycles. The van der Waals surface area contributed by atoms with Gasteiger partial charge < -0.3 is 23.7 Å². The van der Waals surface area contributed by atoms with Crippen molar-refractivity contribution in [2.45, 2.75) is 125 Å². The van der Waals surface area contributed by atoms with Gasteiger partial charge in [0.25, 0.3) is 0 Å². The fraction of sp³-hybridized carbons (Fsp3) is 0.727. The largest absolute Gasteiger partial charge is 0.461 e. The maximum absolute atomic E-state index is 13.2. The Kier molecular flexibility index (Phi) is 10.2. The molecule has 0 spiro atoms. The molecule has 3 aliphatic carbocycles. The molecule has 0 aromatic carbocycles. The van der Waals surface area contributed by atoms with Crippen LogP contribution in [0.5, 0.6) is 0 Å². The molecule has 2 saturated carbocycles. The molecule has 10 nitrogen and oxygen atoms in total. The first kappa shape index (κ1) is 34.3. The number of carbonyl (C=O) groups excluding carboxylic acids is 5. The summed E-state index contributed by atoms with van der Waals surface area (Å²) in [5.41, 5.74) is 0.174. The third-order valence-electron chi connectivity index (χ3n) is 9.73. The molecule has 43 heavy (non-hydrogen) atoms. The smallest absolute Gasteiger partial charge is 0.308 e. The Hall–Kier alpha value is -3.17. The second-order valence-electron chi connectivity index (χ2n) is 13.3. The van der Waals surface area contributed by atoms with Crippen LogP contribution in [0.2, 0.25) is 0 Å². The quantitative estimate of drug-likeness (QED) is 0.222. The summed E-state index contributed by atoms with van der Waals surface area (Å²) in [5, 5.41) is 0. The van der Waals surface area contributed by atoms with Crippen molar-refractivity contribution in [3.05, 3.63) is 23.3 Å². The standard InChI is InChI=1S/C33H48O10/c1-12-16(2)31(38)43-24-15-17(3)25-29(41-21(7)36)30(42-22(8)37)33(11)14-13-23(39-19(5)34)18(4)26(33)28(40-20(6)35)27(24)32(25,9)10/h16,23-24,26-30H,4,12-15H2,1-3,5-11H3. The number of hydrogen-bond donors (Lipinski definition) is 0. The molecular weight excluding hydrogens is 556 g/mol. The summed E-state index contributed by atoms with van der Waals surface area (Å²) in [6, 6.07) is 0. The van der Waals surface area contributed by atoms with Crippen molar-refractivity contribution in [2.75, 3.05) is 0 Å². The van der Waals surface area contributed by atoms with Gasteiger partial charge >= 0.3 is 29.8 Å². The number of rotatable bonds is 7. The third-order valence-corrected chi connectivity index (χ3v) is 9.73. The van der Waals surface area contributed by atoms with Crippen LogP contribution < -0.4 is 0 Å². The lowest BCUT2D eigenvalue weighted by Crippen LogP contribution is -2.65. The number of ether oxygens (including phenoxy) is 5. The maximum Gasteiger partial charge on any atom is 0.308 e. The van der Waals surface area contributed by atoms with Crippen molar-refractivity contribution < 1.29 is 47.7 Å². The van der Waals surface area contributed by atoms with Crippen molar-refractivity contribution in [3.8, 4) is 0 Å². The first-order valence-electron chi connectivity index (χ1n) is 15.1. The predicted octanol–water partition coefficient (Wildman–Crippen LogP) is 5.02. The fourth-order valence-corrected chi connectivity index (χ4v) is 7.87. The molecule has 0 aliphatic heterocycles. The lowest BCUT2D eigenvalue weighted by molar-refractivity contribution is -0.212. The van der Waals surface area contributed by atoms with Gasteiger partial charge in [0.15, 0.2) is 6.10 Å². The van der Waals surface area contributed by atoms with Gasteiger partial charge in [0.1, 0.15) is 24.4 Å². The van der Waals surface area contributed by atoms with Gasteiger partial charge in [-0.25, -0.2) is 0 Å². The van der Waals surface area contributed by atoms with Crippen molar-refractivity contribution in [1.82, 2.24) is 0 Å². The van der Waals surface area contributed by atoms with E-state index in [0.717, 1.165) is 11.1 Å². The summed E-state index contributed by atoms with van der Waals surface area (Å²) in [5.74, 6) is -4.21. The molecule has 3 aliphatic rings. The topological polar surface area (TPSA) is 132 Å². The lowest BCUT2D eigenvalue weighted by atomic mass is 9.49. The molecule has 9 unspecified atom stereocenters. The van der Waals surface area contributed by atoms with Gasteiger partial charge in [-0.1, -0.05) is 46.8 Å². The zero-order valence-corrected chi connectivity index (χ0v) is 27.2. The van der Waals surface area contributed by atoms with Crippen molar-refractivity contribution in [1.29, 1.82) is 0 Å². The van der Waals surface area contributed by atoms with Crippen LogP contribution in [0.1, 0.15) is 94.9 Å². The average Bonchev–Trinajstić information content (AvgIpc) is 2.85. The zero-order chi connectivity index (χ0) is 32.6. The number of hydrogen-bond acceptors (Lipinski definition) is 10. The molecule has 2 bridgehead atoms. The van der Waals surface area contributed by atoms with E-state index < -0.39 is 77.1 Å². The summed E-state index contributed by atoms with van der Waals surface area (Å²) < 4.78 is 30.2. The Morgan fingerprint density at radius 3 is 1.95 bits per heavy atom. The van der Waals surface area contributed by atoms with Gasteiger partial charge in [-0.05, 0) is 42.7 Å². The van der Waals surface area contributed by atoms with E-state index >= 15 is 0 Å². The zero-order valence-electron chi connectivity index (χ0n) is 27.2. The third kappa shape index (κ3) is 6.68. The van der Waals surface area contributed by atoms with Gasteiger partial charge in [0, 0.05) is 51.4 Å². The summed E-state index contributed by atoms with van der Waals surface area (Å²) in [6.07, 6.45) is -2.67. The second-order valence-corrected chi connectivity index (χ2v) is 13.3. The minimum Gasteiger partial charge on any atom is -0.461 e. The van der Waals surface area contributed by atoms with Gasteiger partial charge in [-0.2, -0.15) is 0 Å². The summed E-state index contributed by atoms with van der Waals surface area (Å²) >= 11 is 0. The Balaban J connectivity index is 2.42. The van der Waals surface area contributed by atoms with E-state index in [4.69, 9.17) is 23.7 Å². The molecule has 0 amide bonds. The Labute approximate surface area is 254 Å². The first-order valence-corrected chi connectivity index (χ1v) is 15.1. The van der Waals surface area contributed by atoms with Crippen LogP contribution in [0.4, 0.5) is 0 Å². The molecule has 3 rings (SSSR count). The highest BCUT2D eigenvalue weighted by molar-refractivity contribution is 5.72. The SMILES string of the molecule is C=C1C(OC(C)=O)CCC2(C)C(OC(C)=O)C(OC(C)=O)C3=C(C)CC(OC(=O)C(C)CC)C(C(OC(C)=O)C12)C3(C)C. The monoisotopic (exact) mass is 604 g/mol. The molecule has 0 N–H and O–H groups in total.